The summed E-state index contributed by atoms with van der Waals surface area (Å²) in [5.74, 6) is -0.933. The Morgan fingerprint density at radius 3 is 2.94 bits per heavy atom. The minimum atomic E-state index is -1.06. The molecule has 1 heterocycles. The molecule has 0 atom stereocenters. The lowest BCUT2D eigenvalue weighted by Crippen LogP contribution is -2.18. The standard InChI is InChI=1S/C10H8ClN3O3/c11-6-2-1-3-7(4-6)14-8(5-9(15)16)12-13-10(14)17/h1-4H,5H2,(H,13,17)(H,15,16). The molecule has 0 radical (unpaired) electrons. The maximum Gasteiger partial charge on any atom is 0.347 e. The quantitative estimate of drug-likeness (QED) is 0.848. The normalized spacial score (nSPS) is 10.4. The highest BCUT2D eigenvalue weighted by atomic mass is 35.5. The van der Waals surface area contributed by atoms with E-state index in [-0.39, 0.29) is 12.2 Å². The molecule has 88 valence electrons. The van der Waals surface area contributed by atoms with E-state index in [9.17, 15) is 9.59 Å². The second-order valence-electron chi connectivity index (χ2n) is 3.33. The maximum atomic E-state index is 11.5. The molecule has 1 aromatic heterocycles. The van der Waals surface area contributed by atoms with Gasteiger partial charge in [0.15, 0.2) is 0 Å². The van der Waals surface area contributed by atoms with Crippen LogP contribution in [0, 0.1) is 0 Å². The van der Waals surface area contributed by atoms with Crippen LogP contribution < -0.4 is 5.69 Å². The predicted octanol–water partition coefficient (Wildman–Crippen LogP) is 0.841. The van der Waals surface area contributed by atoms with Crippen molar-refractivity contribution in [3.8, 4) is 5.69 Å². The van der Waals surface area contributed by atoms with Crippen LogP contribution in [0.5, 0.6) is 0 Å². The van der Waals surface area contributed by atoms with Crippen molar-refractivity contribution in [1.82, 2.24) is 14.8 Å². The Morgan fingerprint density at radius 1 is 1.53 bits per heavy atom. The van der Waals surface area contributed by atoms with E-state index < -0.39 is 11.7 Å². The molecule has 17 heavy (non-hydrogen) atoms. The summed E-state index contributed by atoms with van der Waals surface area (Å²) in [4.78, 5) is 22.2. The third-order valence-electron chi connectivity index (χ3n) is 2.12. The van der Waals surface area contributed by atoms with Crippen LogP contribution >= 0.6 is 11.6 Å². The number of nitrogens with zero attached hydrogens (tertiary/aromatic N) is 2. The van der Waals surface area contributed by atoms with Gasteiger partial charge in [-0.3, -0.25) is 4.79 Å². The number of benzene rings is 1. The van der Waals surface area contributed by atoms with E-state index in [0.29, 0.717) is 10.7 Å². The molecule has 0 spiro atoms. The van der Waals surface area contributed by atoms with Crippen LogP contribution in [0.1, 0.15) is 5.82 Å². The molecule has 2 aromatic rings. The second kappa shape index (κ2) is 4.42. The summed E-state index contributed by atoms with van der Waals surface area (Å²) in [5, 5.41) is 15.0. The third-order valence-corrected chi connectivity index (χ3v) is 2.35. The van der Waals surface area contributed by atoms with Crippen LogP contribution in [-0.2, 0) is 11.2 Å². The van der Waals surface area contributed by atoms with Crippen molar-refractivity contribution in [1.29, 1.82) is 0 Å². The number of hydrogen-bond acceptors (Lipinski definition) is 3. The zero-order valence-corrected chi connectivity index (χ0v) is 9.31. The van der Waals surface area contributed by atoms with Gasteiger partial charge in [0.05, 0.1) is 5.69 Å². The van der Waals surface area contributed by atoms with Gasteiger partial charge in [-0.15, -0.1) is 0 Å². The highest BCUT2D eigenvalue weighted by Gasteiger charge is 2.13. The molecule has 2 N–H and O–H groups in total. The van der Waals surface area contributed by atoms with Crippen molar-refractivity contribution in [3.63, 3.8) is 0 Å². The smallest absolute Gasteiger partial charge is 0.347 e. The van der Waals surface area contributed by atoms with Gasteiger partial charge in [-0.05, 0) is 18.2 Å². The number of aromatic nitrogens is 3. The molecule has 0 aliphatic rings. The van der Waals surface area contributed by atoms with E-state index in [1.54, 1.807) is 24.3 Å². The molecule has 7 heteroatoms. The number of carboxylic acids is 1. The van der Waals surface area contributed by atoms with Crippen molar-refractivity contribution in [2.45, 2.75) is 6.42 Å². The fraction of sp³-hybridized carbons (Fsp3) is 0.100. The van der Waals surface area contributed by atoms with E-state index in [0.717, 1.165) is 0 Å². The van der Waals surface area contributed by atoms with Crippen LogP contribution in [0.3, 0.4) is 0 Å². The molecule has 0 bridgehead atoms. The monoisotopic (exact) mass is 253 g/mol. The molecular weight excluding hydrogens is 246 g/mol. The molecule has 6 nitrogen and oxygen atoms in total. The van der Waals surface area contributed by atoms with Gasteiger partial charge in [0, 0.05) is 5.02 Å². The minimum Gasteiger partial charge on any atom is -0.481 e. The Balaban J connectivity index is 2.54. The van der Waals surface area contributed by atoms with Crippen LogP contribution in [-0.4, -0.2) is 25.8 Å². The summed E-state index contributed by atoms with van der Waals surface area (Å²) >= 11 is 5.81. The van der Waals surface area contributed by atoms with Crippen LogP contribution in [0.4, 0.5) is 0 Å². The molecule has 0 aliphatic heterocycles. The van der Waals surface area contributed by atoms with E-state index in [1.165, 1.54) is 4.57 Å². The van der Waals surface area contributed by atoms with Gasteiger partial charge in [-0.2, -0.15) is 5.10 Å². The molecule has 0 fully saturated rings. The minimum absolute atomic E-state index is 0.129. The fourth-order valence-electron chi connectivity index (χ4n) is 1.46. The summed E-state index contributed by atoms with van der Waals surface area (Å²) < 4.78 is 1.18. The first-order valence-corrected chi connectivity index (χ1v) is 5.10. The van der Waals surface area contributed by atoms with E-state index in [1.807, 2.05) is 0 Å². The molecular formula is C10H8ClN3O3. The van der Waals surface area contributed by atoms with Crippen molar-refractivity contribution in [3.05, 3.63) is 45.6 Å². The Labute approximate surface area is 100 Å². The van der Waals surface area contributed by atoms with Gasteiger partial charge in [0.2, 0.25) is 0 Å². The zero-order chi connectivity index (χ0) is 12.4. The van der Waals surface area contributed by atoms with E-state index in [4.69, 9.17) is 16.7 Å². The summed E-state index contributed by atoms with van der Waals surface area (Å²) in [6.45, 7) is 0. The summed E-state index contributed by atoms with van der Waals surface area (Å²) in [5.41, 5.74) is -0.0176. The third kappa shape index (κ3) is 2.36. The average Bonchev–Trinajstić information content (AvgIpc) is 2.59. The molecule has 1 aromatic carbocycles. The Bertz CT molecular complexity index is 617. The predicted molar refractivity (Wildman–Crippen MR) is 60.5 cm³/mol. The van der Waals surface area contributed by atoms with Crippen molar-refractivity contribution >= 4 is 17.6 Å². The molecule has 0 saturated heterocycles. The topological polar surface area (TPSA) is 88.0 Å². The number of hydrogen-bond donors (Lipinski definition) is 2. The van der Waals surface area contributed by atoms with E-state index in [2.05, 4.69) is 10.2 Å². The average molecular weight is 254 g/mol. The summed E-state index contributed by atoms with van der Waals surface area (Å²) in [7, 11) is 0. The molecule has 0 unspecified atom stereocenters. The van der Waals surface area contributed by atoms with Gasteiger partial charge >= 0.3 is 11.7 Å². The summed E-state index contributed by atoms with van der Waals surface area (Å²) in [6.07, 6.45) is -0.342. The van der Waals surface area contributed by atoms with Gasteiger partial charge in [0.25, 0.3) is 0 Å². The summed E-state index contributed by atoms with van der Waals surface area (Å²) in [6, 6.07) is 6.53. The molecule has 2 rings (SSSR count). The van der Waals surface area contributed by atoms with Gasteiger partial charge in [-0.25, -0.2) is 14.5 Å². The number of nitrogens with one attached hydrogen (secondary N) is 1. The van der Waals surface area contributed by atoms with Gasteiger partial charge in [0.1, 0.15) is 12.2 Å². The highest BCUT2D eigenvalue weighted by Crippen LogP contribution is 2.14. The number of rotatable bonds is 3. The van der Waals surface area contributed by atoms with Crippen LogP contribution in [0.15, 0.2) is 29.1 Å². The van der Waals surface area contributed by atoms with E-state index >= 15 is 0 Å². The maximum absolute atomic E-state index is 11.5. The largest absolute Gasteiger partial charge is 0.481 e. The number of carbonyl (C=O) groups is 1. The Morgan fingerprint density at radius 2 is 2.29 bits per heavy atom. The number of carboxylic acid groups (broad SMARTS) is 1. The van der Waals surface area contributed by atoms with Crippen LogP contribution in [0.2, 0.25) is 5.02 Å². The molecule has 0 aliphatic carbocycles. The zero-order valence-electron chi connectivity index (χ0n) is 8.55. The van der Waals surface area contributed by atoms with Crippen LogP contribution in [0.25, 0.3) is 5.69 Å². The Kier molecular flexibility index (Phi) is 2.97. The molecule has 0 amide bonds. The first-order chi connectivity index (χ1) is 8.08. The number of aliphatic carboxylic acids is 1. The lowest BCUT2D eigenvalue weighted by atomic mass is 10.3. The van der Waals surface area contributed by atoms with Crippen molar-refractivity contribution in [2.75, 3.05) is 0 Å². The Hall–Kier alpha value is -2.08. The fourth-order valence-corrected chi connectivity index (χ4v) is 1.65. The van der Waals surface area contributed by atoms with Crippen molar-refractivity contribution < 1.29 is 9.90 Å². The number of aromatic amines is 1. The first kappa shape index (κ1) is 11.4. The highest BCUT2D eigenvalue weighted by molar-refractivity contribution is 6.30. The number of halogens is 1. The molecule has 0 saturated carbocycles. The first-order valence-electron chi connectivity index (χ1n) is 4.72. The number of H-pyrrole nitrogens is 1. The second-order valence-corrected chi connectivity index (χ2v) is 3.77. The SMILES string of the molecule is O=C(O)Cc1n[nH]c(=O)n1-c1cccc(Cl)c1. The lowest BCUT2D eigenvalue weighted by molar-refractivity contribution is -0.136. The van der Waals surface area contributed by atoms with Gasteiger partial charge in [-0.1, -0.05) is 17.7 Å². The van der Waals surface area contributed by atoms with Crippen molar-refractivity contribution in [2.24, 2.45) is 0 Å². The van der Waals surface area contributed by atoms with Gasteiger partial charge < -0.3 is 5.11 Å². The lowest BCUT2D eigenvalue weighted by Gasteiger charge is -2.04.